The van der Waals surface area contributed by atoms with Gasteiger partial charge < -0.3 is 9.15 Å². The summed E-state index contributed by atoms with van der Waals surface area (Å²) in [6, 6.07) is 15.9. The molecule has 3 aromatic carbocycles. The Balaban J connectivity index is 1.75. The Labute approximate surface area is 171 Å². The van der Waals surface area contributed by atoms with Crippen molar-refractivity contribution in [2.75, 3.05) is 0 Å². The molecule has 4 aromatic rings. The highest BCUT2D eigenvalue weighted by atomic mass is 35.5. The summed E-state index contributed by atoms with van der Waals surface area (Å²) in [4.78, 5) is 34.1. The fourth-order valence-electron chi connectivity index (χ4n) is 2.79. The van der Waals surface area contributed by atoms with Gasteiger partial charge in [-0.1, -0.05) is 53.3 Å². The number of carbonyl (C=O) groups is 1. The van der Waals surface area contributed by atoms with E-state index in [1.807, 2.05) is 30.3 Å². The number of rotatable bonds is 4. The van der Waals surface area contributed by atoms with Crippen LogP contribution in [0.25, 0.3) is 21.4 Å². The first-order chi connectivity index (χ1) is 13.9. The summed E-state index contributed by atoms with van der Waals surface area (Å²) in [7, 11) is 0. The molecule has 0 N–H and O–H groups in total. The lowest BCUT2D eigenvalue weighted by molar-refractivity contribution is -0.384. The van der Waals surface area contributed by atoms with E-state index in [0.29, 0.717) is 15.8 Å². The van der Waals surface area contributed by atoms with Crippen molar-refractivity contribution >= 4 is 44.9 Å². The van der Waals surface area contributed by atoms with Gasteiger partial charge >= 0.3 is 10.9 Å². The number of nitro groups is 1. The molecule has 0 spiro atoms. The molecule has 0 aliphatic heterocycles. The lowest BCUT2D eigenvalue weighted by Crippen LogP contribution is -2.09. The van der Waals surface area contributed by atoms with Crippen LogP contribution in [-0.4, -0.2) is 10.9 Å². The lowest BCUT2D eigenvalue weighted by atomic mass is 10.0. The van der Waals surface area contributed by atoms with Crippen molar-refractivity contribution in [3.05, 3.63) is 91.1 Å². The summed E-state index contributed by atoms with van der Waals surface area (Å²) in [6.07, 6.45) is 0. The summed E-state index contributed by atoms with van der Waals surface area (Å²) < 4.78 is 11.2. The summed E-state index contributed by atoms with van der Waals surface area (Å²) >= 11 is 6.67. The van der Waals surface area contributed by atoms with Crippen molar-refractivity contribution in [2.45, 2.75) is 0 Å². The minimum atomic E-state index is -0.793. The maximum absolute atomic E-state index is 12.5. The molecule has 4 rings (SSSR count). The van der Waals surface area contributed by atoms with Crippen LogP contribution in [0.2, 0.25) is 5.02 Å². The molecule has 0 aliphatic carbocycles. The van der Waals surface area contributed by atoms with E-state index < -0.39 is 21.5 Å². The molecule has 144 valence electrons. The molecule has 0 amide bonds. The van der Waals surface area contributed by atoms with Gasteiger partial charge in [0, 0.05) is 17.7 Å². The highest BCUT2D eigenvalue weighted by molar-refractivity contribution is 7.16. The number of fused-ring (bicyclic) bond motifs is 1. The summed E-state index contributed by atoms with van der Waals surface area (Å²) in [5, 5.41) is 11.0. The molecule has 0 radical (unpaired) electrons. The fraction of sp³-hybridized carbons (Fsp3) is 0. The third-order valence-corrected chi connectivity index (χ3v) is 5.17. The molecule has 1 aromatic heterocycles. The van der Waals surface area contributed by atoms with Crippen molar-refractivity contribution in [3.8, 4) is 16.9 Å². The van der Waals surface area contributed by atoms with Crippen LogP contribution in [0.3, 0.4) is 0 Å². The Morgan fingerprint density at radius 2 is 1.86 bits per heavy atom. The number of benzene rings is 3. The van der Waals surface area contributed by atoms with Crippen molar-refractivity contribution in [1.82, 2.24) is 0 Å². The zero-order valence-electron chi connectivity index (χ0n) is 14.5. The maximum atomic E-state index is 12.5. The predicted molar refractivity (Wildman–Crippen MR) is 109 cm³/mol. The number of nitrogens with zero attached hydrogens (tertiary/aromatic N) is 1. The molecule has 9 heteroatoms. The van der Waals surface area contributed by atoms with Gasteiger partial charge in [-0.2, -0.15) is 0 Å². The number of carbonyl (C=O) groups excluding carboxylic acids is 1. The van der Waals surface area contributed by atoms with Crippen molar-refractivity contribution in [2.24, 2.45) is 0 Å². The van der Waals surface area contributed by atoms with E-state index in [9.17, 15) is 19.7 Å². The van der Waals surface area contributed by atoms with Gasteiger partial charge in [-0.3, -0.25) is 10.1 Å². The molecule has 29 heavy (non-hydrogen) atoms. The summed E-state index contributed by atoms with van der Waals surface area (Å²) in [6.45, 7) is 0. The standard InChI is InChI=1S/C20H10ClNO6S/c21-15-7-6-12(8-16(15)22(25)26)19(23)27-13-9-14(11-4-2-1-3-5-11)18-17(10-13)29-20(24)28-18/h1-10H. The second kappa shape index (κ2) is 7.50. The number of halogens is 1. The van der Waals surface area contributed by atoms with Crippen molar-refractivity contribution in [1.29, 1.82) is 0 Å². The van der Waals surface area contributed by atoms with E-state index in [1.165, 1.54) is 18.2 Å². The van der Waals surface area contributed by atoms with Crippen LogP contribution < -0.4 is 9.68 Å². The second-order valence-corrected chi connectivity index (χ2v) is 7.32. The molecular weight excluding hydrogens is 418 g/mol. The van der Waals surface area contributed by atoms with Gasteiger partial charge in [-0.05, 0) is 23.8 Å². The van der Waals surface area contributed by atoms with E-state index in [4.69, 9.17) is 20.8 Å². The normalized spacial score (nSPS) is 10.8. The summed E-state index contributed by atoms with van der Waals surface area (Å²) in [5.41, 5.74) is 1.34. The molecule has 0 saturated heterocycles. The van der Waals surface area contributed by atoms with Gasteiger partial charge in [0.05, 0.1) is 15.2 Å². The molecule has 0 bridgehead atoms. The predicted octanol–water partition coefficient (Wildman–Crippen LogP) is 5.30. The van der Waals surface area contributed by atoms with Crippen LogP contribution in [0.1, 0.15) is 10.4 Å². The molecular formula is C20H10ClNO6S. The minimum absolute atomic E-state index is 0.0251. The van der Waals surface area contributed by atoms with Crippen LogP contribution in [0.4, 0.5) is 5.69 Å². The van der Waals surface area contributed by atoms with Gasteiger partial charge in [0.1, 0.15) is 10.8 Å². The molecule has 0 unspecified atom stereocenters. The highest BCUT2D eigenvalue weighted by Crippen LogP contribution is 2.35. The van der Waals surface area contributed by atoms with Crippen LogP contribution in [-0.2, 0) is 0 Å². The van der Waals surface area contributed by atoms with E-state index in [1.54, 1.807) is 6.07 Å². The van der Waals surface area contributed by atoms with Crippen LogP contribution in [0.5, 0.6) is 5.75 Å². The van der Waals surface area contributed by atoms with Crippen LogP contribution >= 0.6 is 22.9 Å². The zero-order valence-corrected chi connectivity index (χ0v) is 16.0. The monoisotopic (exact) mass is 427 g/mol. The summed E-state index contributed by atoms with van der Waals surface area (Å²) in [5.74, 6) is -0.616. The van der Waals surface area contributed by atoms with Gasteiger partial charge in [-0.25, -0.2) is 9.59 Å². The third-order valence-electron chi connectivity index (χ3n) is 4.08. The van der Waals surface area contributed by atoms with Gasteiger partial charge in [-0.15, -0.1) is 0 Å². The fourth-order valence-corrected chi connectivity index (χ4v) is 3.70. The molecule has 1 heterocycles. The van der Waals surface area contributed by atoms with Crippen molar-refractivity contribution in [3.63, 3.8) is 0 Å². The number of nitro benzene ring substituents is 1. The molecule has 0 saturated carbocycles. The third kappa shape index (κ3) is 3.75. The van der Waals surface area contributed by atoms with Crippen LogP contribution in [0, 0.1) is 10.1 Å². The molecule has 0 fully saturated rings. The average molecular weight is 428 g/mol. The van der Waals surface area contributed by atoms with Crippen molar-refractivity contribution < 1.29 is 18.9 Å². The molecule has 0 atom stereocenters. The lowest BCUT2D eigenvalue weighted by Gasteiger charge is -2.08. The smallest absolute Gasteiger partial charge is 0.396 e. The first-order valence-corrected chi connectivity index (χ1v) is 9.41. The van der Waals surface area contributed by atoms with E-state index in [2.05, 4.69) is 0 Å². The number of ether oxygens (including phenoxy) is 1. The average Bonchev–Trinajstić information content (AvgIpc) is 3.08. The Morgan fingerprint density at radius 1 is 1.10 bits per heavy atom. The van der Waals surface area contributed by atoms with Crippen LogP contribution in [0.15, 0.2) is 69.9 Å². The quantitative estimate of drug-likeness (QED) is 0.189. The Bertz CT molecular complexity index is 1310. The highest BCUT2D eigenvalue weighted by Gasteiger charge is 2.19. The number of hydrogen-bond acceptors (Lipinski definition) is 7. The van der Waals surface area contributed by atoms with E-state index in [-0.39, 0.29) is 16.3 Å². The van der Waals surface area contributed by atoms with E-state index >= 15 is 0 Å². The Morgan fingerprint density at radius 3 is 2.59 bits per heavy atom. The largest absolute Gasteiger partial charge is 0.423 e. The van der Waals surface area contributed by atoms with Gasteiger partial charge in [0.15, 0.2) is 5.58 Å². The first-order valence-electron chi connectivity index (χ1n) is 8.21. The SMILES string of the molecule is O=C(Oc1cc(-c2ccccc2)c2oc(=O)sc2c1)c1ccc(Cl)c([N+](=O)[O-])c1. The minimum Gasteiger partial charge on any atom is -0.423 e. The molecule has 7 nitrogen and oxygen atoms in total. The number of hydrogen-bond donors (Lipinski definition) is 0. The van der Waals surface area contributed by atoms with E-state index in [0.717, 1.165) is 23.0 Å². The topological polar surface area (TPSA) is 99.7 Å². The number of esters is 1. The van der Waals surface area contributed by atoms with Gasteiger partial charge in [0.2, 0.25) is 0 Å². The Kier molecular flexibility index (Phi) is 4.87. The zero-order chi connectivity index (χ0) is 20.5. The Hall–Kier alpha value is -3.49. The first kappa shape index (κ1) is 18.9. The molecule has 0 aliphatic rings. The second-order valence-electron chi connectivity index (χ2n) is 5.93. The van der Waals surface area contributed by atoms with Gasteiger partial charge in [0.25, 0.3) is 5.69 Å². The maximum Gasteiger partial charge on any atom is 0.396 e.